The van der Waals surface area contributed by atoms with Crippen LogP contribution in [0, 0.1) is 5.92 Å². The maximum absolute atomic E-state index is 6.43. The fourth-order valence-electron chi connectivity index (χ4n) is 3.56. The summed E-state index contributed by atoms with van der Waals surface area (Å²) in [5.74, 6) is 0.483. The largest absolute Gasteiger partial charge is 0.369 e. The van der Waals surface area contributed by atoms with Gasteiger partial charge in [-0.05, 0) is 31.4 Å². The molecule has 4 atom stereocenters. The Bertz CT molecular complexity index is 481. The number of hydrogen-bond acceptors (Lipinski definition) is 3. The molecule has 4 heteroatoms. The molecule has 1 aromatic rings. The van der Waals surface area contributed by atoms with Crippen LogP contribution in [0.5, 0.6) is 0 Å². The van der Waals surface area contributed by atoms with Crippen molar-refractivity contribution in [1.29, 1.82) is 0 Å². The van der Waals surface area contributed by atoms with Crippen molar-refractivity contribution in [2.24, 2.45) is 5.92 Å². The van der Waals surface area contributed by atoms with E-state index in [9.17, 15) is 0 Å². The standard InChI is InChI=1S/C16H22BrNO2/c1-11(2)16-9-14(15(3,20-16)8-13(16)17)19-10-12-6-4-5-7-18-12/h4-7,11,13-14H,8-10H2,1-3H3/t13-,14+,15-,16+/m0/s1. The number of hydrogen-bond donors (Lipinski definition) is 0. The van der Waals surface area contributed by atoms with Gasteiger partial charge in [-0.1, -0.05) is 35.8 Å². The van der Waals surface area contributed by atoms with E-state index >= 15 is 0 Å². The van der Waals surface area contributed by atoms with Crippen molar-refractivity contribution in [1.82, 2.24) is 4.98 Å². The molecule has 1 aromatic heterocycles. The van der Waals surface area contributed by atoms with Gasteiger partial charge in [-0.25, -0.2) is 0 Å². The molecule has 0 aromatic carbocycles. The van der Waals surface area contributed by atoms with Crippen molar-refractivity contribution in [3.8, 4) is 0 Å². The quantitative estimate of drug-likeness (QED) is 0.783. The van der Waals surface area contributed by atoms with Gasteiger partial charge in [-0.3, -0.25) is 4.98 Å². The zero-order chi connectivity index (χ0) is 14.4. The monoisotopic (exact) mass is 339 g/mol. The fraction of sp³-hybridized carbons (Fsp3) is 0.688. The summed E-state index contributed by atoms with van der Waals surface area (Å²) in [5, 5.41) is 0. The number of aromatic nitrogens is 1. The van der Waals surface area contributed by atoms with Crippen molar-refractivity contribution in [3.63, 3.8) is 0 Å². The molecule has 3 rings (SSSR count). The summed E-state index contributed by atoms with van der Waals surface area (Å²) in [7, 11) is 0. The summed E-state index contributed by atoms with van der Waals surface area (Å²) in [5.41, 5.74) is 0.726. The Kier molecular flexibility index (Phi) is 3.68. The number of nitrogens with zero attached hydrogens (tertiary/aromatic N) is 1. The number of alkyl halides is 1. The van der Waals surface area contributed by atoms with Crippen molar-refractivity contribution in [2.75, 3.05) is 0 Å². The molecule has 2 saturated heterocycles. The zero-order valence-corrected chi connectivity index (χ0v) is 13.9. The van der Waals surface area contributed by atoms with E-state index in [0.717, 1.165) is 18.5 Å². The third-order valence-electron chi connectivity index (χ3n) is 4.86. The predicted octanol–water partition coefficient (Wildman–Crippen LogP) is 3.71. The minimum atomic E-state index is -0.173. The molecule has 0 aliphatic carbocycles. The van der Waals surface area contributed by atoms with Crippen LogP contribution in [0.1, 0.15) is 39.3 Å². The predicted molar refractivity (Wildman–Crippen MR) is 81.8 cm³/mol. The first kappa shape index (κ1) is 14.5. The van der Waals surface area contributed by atoms with Gasteiger partial charge < -0.3 is 9.47 Å². The minimum Gasteiger partial charge on any atom is -0.369 e. The van der Waals surface area contributed by atoms with E-state index in [1.807, 2.05) is 24.4 Å². The average molecular weight is 340 g/mol. The summed E-state index contributed by atoms with van der Waals surface area (Å²) >= 11 is 3.82. The van der Waals surface area contributed by atoms with Crippen LogP contribution in [0.2, 0.25) is 0 Å². The molecule has 0 saturated carbocycles. The van der Waals surface area contributed by atoms with E-state index in [4.69, 9.17) is 9.47 Å². The second kappa shape index (κ2) is 5.08. The highest BCUT2D eigenvalue weighted by Crippen LogP contribution is 2.57. The Balaban J connectivity index is 1.71. The zero-order valence-electron chi connectivity index (χ0n) is 12.3. The Morgan fingerprint density at radius 2 is 2.25 bits per heavy atom. The Labute approximate surface area is 129 Å². The molecule has 0 radical (unpaired) electrons. The molecule has 110 valence electrons. The van der Waals surface area contributed by atoms with Crippen molar-refractivity contribution < 1.29 is 9.47 Å². The highest BCUT2D eigenvalue weighted by molar-refractivity contribution is 9.09. The maximum atomic E-state index is 6.43. The van der Waals surface area contributed by atoms with Crippen LogP contribution in [0.3, 0.4) is 0 Å². The molecule has 20 heavy (non-hydrogen) atoms. The van der Waals surface area contributed by atoms with Crippen molar-refractivity contribution in [2.45, 2.75) is 62.4 Å². The molecular weight excluding hydrogens is 318 g/mol. The van der Waals surface area contributed by atoms with Crippen LogP contribution < -0.4 is 0 Å². The van der Waals surface area contributed by atoms with E-state index in [0.29, 0.717) is 17.4 Å². The molecule has 0 unspecified atom stereocenters. The molecule has 2 aliphatic rings. The second-order valence-electron chi connectivity index (χ2n) is 6.52. The Morgan fingerprint density at radius 3 is 2.85 bits per heavy atom. The van der Waals surface area contributed by atoms with Crippen LogP contribution in [-0.2, 0) is 16.1 Å². The normalized spacial score (nSPS) is 39.6. The molecule has 0 spiro atoms. The molecular formula is C16H22BrNO2. The summed E-state index contributed by atoms with van der Waals surface area (Å²) < 4.78 is 12.6. The highest BCUT2D eigenvalue weighted by atomic mass is 79.9. The lowest BCUT2D eigenvalue weighted by atomic mass is 9.75. The van der Waals surface area contributed by atoms with Gasteiger partial charge in [0.05, 0.1) is 29.6 Å². The lowest BCUT2D eigenvalue weighted by Gasteiger charge is -2.35. The summed E-state index contributed by atoms with van der Waals surface area (Å²) in [6.45, 7) is 7.22. The van der Waals surface area contributed by atoms with E-state index < -0.39 is 0 Å². The van der Waals surface area contributed by atoms with Gasteiger partial charge in [-0.15, -0.1) is 0 Å². The van der Waals surface area contributed by atoms with E-state index in [2.05, 4.69) is 41.7 Å². The molecule has 0 amide bonds. The summed E-state index contributed by atoms with van der Waals surface area (Å²) in [4.78, 5) is 4.74. The SMILES string of the molecule is CC(C)[C@]12C[C@@H](OCc3ccccn3)[C@](C)(C[C@@H]1Br)O2. The lowest BCUT2D eigenvalue weighted by molar-refractivity contribution is -0.0958. The highest BCUT2D eigenvalue weighted by Gasteiger charge is 2.65. The molecule has 3 nitrogen and oxygen atoms in total. The van der Waals surface area contributed by atoms with Gasteiger partial charge in [0.15, 0.2) is 0 Å². The van der Waals surface area contributed by atoms with Crippen LogP contribution in [-0.4, -0.2) is 27.1 Å². The summed E-state index contributed by atoms with van der Waals surface area (Å²) in [6, 6.07) is 5.92. The van der Waals surface area contributed by atoms with Crippen molar-refractivity contribution >= 4 is 15.9 Å². The topological polar surface area (TPSA) is 31.4 Å². The first-order valence-electron chi connectivity index (χ1n) is 7.32. The van der Waals surface area contributed by atoms with Crippen LogP contribution in [0.25, 0.3) is 0 Å². The minimum absolute atomic E-state index is 0.0798. The smallest absolute Gasteiger partial charge is 0.0936 e. The lowest BCUT2D eigenvalue weighted by Crippen LogP contribution is -2.44. The first-order chi connectivity index (χ1) is 9.46. The van der Waals surface area contributed by atoms with E-state index in [-0.39, 0.29) is 17.3 Å². The molecule has 3 heterocycles. The average Bonchev–Trinajstić information content (AvgIpc) is 2.85. The summed E-state index contributed by atoms with van der Waals surface area (Å²) in [6.07, 6.45) is 3.93. The number of fused-ring (bicyclic) bond motifs is 2. The third kappa shape index (κ3) is 2.22. The van der Waals surface area contributed by atoms with Gasteiger partial charge in [-0.2, -0.15) is 0 Å². The molecule has 2 aliphatic heterocycles. The third-order valence-corrected chi connectivity index (χ3v) is 5.96. The maximum Gasteiger partial charge on any atom is 0.0936 e. The Hall–Kier alpha value is -0.450. The Morgan fingerprint density at radius 1 is 1.45 bits per heavy atom. The number of ether oxygens (including phenoxy) is 2. The number of rotatable bonds is 4. The molecule has 2 bridgehead atoms. The van der Waals surface area contributed by atoms with Crippen LogP contribution in [0.15, 0.2) is 24.4 Å². The van der Waals surface area contributed by atoms with Crippen LogP contribution >= 0.6 is 15.9 Å². The second-order valence-corrected chi connectivity index (χ2v) is 7.63. The van der Waals surface area contributed by atoms with Gasteiger partial charge in [0.25, 0.3) is 0 Å². The van der Waals surface area contributed by atoms with Crippen LogP contribution in [0.4, 0.5) is 0 Å². The van der Waals surface area contributed by atoms with Gasteiger partial charge in [0.1, 0.15) is 0 Å². The van der Waals surface area contributed by atoms with Gasteiger partial charge in [0.2, 0.25) is 0 Å². The van der Waals surface area contributed by atoms with Gasteiger partial charge in [0, 0.05) is 17.4 Å². The fourth-order valence-corrected chi connectivity index (χ4v) is 5.01. The van der Waals surface area contributed by atoms with E-state index in [1.165, 1.54) is 0 Å². The van der Waals surface area contributed by atoms with E-state index in [1.54, 1.807) is 0 Å². The first-order valence-corrected chi connectivity index (χ1v) is 8.23. The molecule has 0 N–H and O–H groups in total. The molecule has 2 fully saturated rings. The van der Waals surface area contributed by atoms with Crippen molar-refractivity contribution in [3.05, 3.63) is 30.1 Å². The number of pyridine rings is 1. The van der Waals surface area contributed by atoms with Gasteiger partial charge >= 0.3 is 0 Å². The number of halogens is 1.